The molecule has 0 aliphatic heterocycles. The van der Waals surface area contributed by atoms with Crippen LogP contribution in [-0.2, 0) is 0 Å². The van der Waals surface area contributed by atoms with Gasteiger partial charge in [0.05, 0.1) is 0 Å². The molecule has 0 saturated heterocycles. The zero-order valence-electron chi connectivity index (χ0n) is 6.36. The SMILES string of the molecule is CC1=CC[C]=C1C(C)C. The molecule has 0 amide bonds. The normalized spacial score (nSPS) is 18.2. The Morgan fingerprint density at radius 2 is 2.22 bits per heavy atom. The van der Waals surface area contributed by atoms with E-state index in [0.29, 0.717) is 5.92 Å². The van der Waals surface area contributed by atoms with Crippen molar-refractivity contribution in [2.45, 2.75) is 27.2 Å². The van der Waals surface area contributed by atoms with Crippen molar-refractivity contribution in [3.05, 3.63) is 23.3 Å². The zero-order chi connectivity index (χ0) is 6.85. The van der Waals surface area contributed by atoms with Gasteiger partial charge < -0.3 is 0 Å². The summed E-state index contributed by atoms with van der Waals surface area (Å²) in [4.78, 5) is 0. The molecule has 1 rings (SSSR count). The maximum Gasteiger partial charge on any atom is -0.00857 e. The van der Waals surface area contributed by atoms with Crippen molar-refractivity contribution in [1.29, 1.82) is 0 Å². The fourth-order valence-electron chi connectivity index (χ4n) is 1.22. The molecule has 0 aromatic carbocycles. The van der Waals surface area contributed by atoms with Crippen LogP contribution >= 0.6 is 0 Å². The van der Waals surface area contributed by atoms with E-state index in [0.717, 1.165) is 6.42 Å². The van der Waals surface area contributed by atoms with Crippen LogP contribution in [0.15, 0.2) is 17.2 Å². The molecule has 0 heteroatoms. The lowest BCUT2D eigenvalue weighted by atomic mass is 10.00. The molecule has 1 aliphatic carbocycles. The second-order valence-electron chi connectivity index (χ2n) is 2.84. The molecule has 0 atom stereocenters. The first kappa shape index (κ1) is 6.60. The third-order valence-electron chi connectivity index (χ3n) is 1.70. The Kier molecular flexibility index (Phi) is 1.75. The van der Waals surface area contributed by atoms with Gasteiger partial charge in [0.15, 0.2) is 0 Å². The summed E-state index contributed by atoms with van der Waals surface area (Å²) in [7, 11) is 0. The van der Waals surface area contributed by atoms with E-state index in [4.69, 9.17) is 0 Å². The lowest BCUT2D eigenvalue weighted by Gasteiger charge is -2.05. The second kappa shape index (κ2) is 2.38. The molecule has 0 N–H and O–H groups in total. The highest BCUT2D eigenvalue weighted by Crippen LogP contribution is 2.24. The monoisotopic (exact) mass is 121 g/mol. The van der Waals surface area contributed by atoms with Crippen molar-refractivity contribution < 1.29 is 0 Å². The molecule has 0 nitrogen and oxygen atoms in total. The maximum absolute atomic E-state index is 3.33. The van der Waals surface area contributed by atoms with E-state index in [9.17, 15) is 0 Å². The first-order valence-electron chi connectivity index (χ1n) is 3.49. The number of hydrogen-bond donors (Lipinski definition) is 0. The van der Waals surface area contributed by atoms with E-state index in [2.05, 4.69) is 32.9 Å². The summed E-state index contributed by atoms with van der Waals surface area (Å²) in [5.74, 6) is 0.656. The highest BCUT2D eigenvalue weighted by molar-refractivity contribution is 5.33. The molecule has 0 bridgehead atoms. The van der Waals surface area contributed by atoms with E-state index >= 15 is 0 Å². The highest BCUT2D eigenvalue weighted by atomic mass is 14.1. The minimum atomic E-state index is 0.656. The van der Waals surface area contributed by atoms with Gasteiger partial charge in [-0.1, -0.05) is 25.5 Å². The maximum atomic E-state index is 3.33. The van der Waals surface area contributed by atoms with Gasteiger partial charge in [-0.3, -0.25) is 0 Å². The van der Waals surface area contributed by atoms with Crippen LogP contribution in [0.2, 0.25) is 0 Å². The zero-order valence-corrected chi connectivity index (χ0v) is 6.36. The molecule has 0 heterocycles. The predicted molar refractivity (Wildman–Crippen MR) is 40.0 cm³/mol. The Bertz CT molecular complexity index is 159. The average Bonchev–Trinajstić information content (AvgIpc) is 2.13. The van der Waals surface area contributed by atoms with Crippen molar-refractivity contribution in [2.24, 2.45) is 5.92 Å². The Hall–Kier alpha value is -0.520. The molecular formula is C9H13. The van der Waals surface area contributed by atoms with Gasteiger partial charge in [0, 0.05) is 0 Å². The first-order valence-corrected chi connectivity index (χ1v) is 3.49. The topological polar surface area (TPSA) is 0 Å². The van der Waals surface area contributed by atoms with Gasteiger partial charge >= 0.3 is 0 Å². The smallest absolute Gasteiger partial charge is 0.00857 e. The molecule has 0 aromatic rings. The van der Waals surface area contributed by atoms with Gasteiger partial charge in [-0.2, -0.15) is 0 Å². The fourth-order valence-corrected chi connectivity index (χ4v) is 1.22. The average molecular weight is 121 g/mol. The summed E-state index contributed by atoms with van der Waals surface area (Å²) < 4.78 is 0. The molecule has 0 saturated carbocycles. The van der Waals surface area contributed by atoms with Gasteiger partial charge in [0.2, 0.25) is 0 Å². The van der Waals surface area contributed by atoms with Crippen LogP contribution in [-0.4, -0.2) is 0 Å². The summed E-state index contributed by atoms with van der Waals surface area (Å²) in [6, 6.07) is 0. The highest BCUT2D eigenvalue weighted by Gasteiger charge is 2.08. The van der Waals surface area contributed by atoms with Gasteiger partial charge in [-0.15, -0.1) is 0 Å². The molecule has 0 spiro atoms. The second-order valence-corrected chi connectivity index (χ2v) is 2.84. The lowest BCUT2D eigenvalue weighted by molar-refractivity contribution is 0.777. The fraction of sp³-hybridized carbons (Fsp3) is 0.556. The van der Waals surface area contributed by atoms with Crippen molar-refractivity contribution in [3.63, 3.8) is 0 Å². The van der Waals surface area contributed by atoms with Crippen molar-refractivity contribution in [2.75, 3.05) is 0 Å². The molecule has 49 valence electrons. The third-order valence-corrected chi connectivity index (χ3v) is 1.70. The predicted octanol–water partition coefficient (Wildman–Crippen LogP) is 2.72. The largest absolute Gasteiger partial charge is 0.0769 e. The molecule has 1 radical (unpaired) electrons. The third kappa shape index (κ3) is 1.24. The van der Waals surface area contributed by atoms with Crippen LogP contribution in [0.5, 0.6) is 0 Å². The number of rotatable bonds is 1. The molecule has 9 heavy (non-hydrogen) atoms. The molecule has 0 fully saturated rings. The summed E-state index contributed by atoms with van der Waals surface area (Å²) in [5, 5.41) is 0. The molecule has 1 aliphatic rings. The molecule has 0 unspecified atom stereocenters. The van der Waals surface area contributed by atoms with Gasteiger partial charge in [-0.05, 0) is 30.9 Å². The van der Waals surface area contributed by atoms with E-state index in [1.165, 1.54) is 11.1 Å². The standard InChI is InChI=1S/C9H13/c1-7(2)9-6-4-5-8(9)3/h5,7H,4H2,1-3H3. The molecule has 0 aromatic heterocycles. The Balaban J connectivity index is 2.72. The Morgan fingerprint density at radius 3 is 2.44 bits per heavy atom. The van der Waals surface area contributed by atoms with Crippen LogP contribution in [0.3, 0.4) is 0 Å². The Labute approximate surface area is 57.3 Å². The lowest BCUT2D eigenvalue weighted by Crippen LogP contribution is -1.91. The van der Waals surface area contributed by atoms with Crippen LogP contribution in [0.25, 0.3) is 0 Å². The van der Waals surface area contributed by atoms with Gasteiger partial charge in [-0.25, -0.2) is 0 Å². The van der Waals surface area contributed by atoms with Crippen molar-refractivity contribution in [3.8, 4) is 0 Å². The summed E-state index contributed by atoms with van der Waals surface area (Å²) in [6.45, 7) is 6.59. The van der Waals surface area contributed by atoms with Crippen molar-refractivity contribution >= 4 is 0 Å². The van der Waals surface area contributed by atoms with Crippen LogP contribution in [0, 0.1) is 12.0 Å². The number of allylic oxidation sites excluding steroid dienone is 4. The van der Waals surface area contributed by atoms with E-state index in [1.54, 1.807) is 0 Å². The minimum Gasteiger partial charge on any atom is -0.0769 e. The van der Waals surface area contributed by atoms with Crippen LogP contribution in [0.1, 0.15) is 27.2 Å². The number of hydrogen-bond acceptors (Lipinski definition) is 0. The van der Waals surface area contributed by atoms with Gasteiger partial charge in [0.1, 0.15) is 0 Å². The van der Waals surface area contributed by atoms with Crippen molar-refractivity contribution in [1.82, 2.24) is 0 Å². The van der Waals surface area contributed by atoms with E-state index in [-0.39, 0.29) is 0 Å². The van der Waals surface area contributed by atoms with Gasteiger partial charge in [0.25, 0.3) is 0 Å². The van der Waals surface area contributed by atoms with E-state index < -0.39 is 0 Å². The van der Waals surface area contributed by atoms with Crippen LogP contribution in [0.4, 0.5) is 0 Å². The Morgan fingerprint density at radius 1 is 1.56 bits per heavy atom. The minimum absolute atomic E-state index is 0.656. The first-order chi connectivity index (χ1) is 4.22. The quantitative estimate of drug-likeness (QED) is 0.500. The molecular weight excluding hydrogens is 108 g/mol. The van der Waals surface area contributed by atoms with E-state index in [1.807, 2.05) is 0 Å². The summed E-state index contributed by atoms with van der Waals surface area (Å²) in [5.41, 5.74) is 2.83. The van der Waals surface area contributed by atoms with Crippen LogP contribution < -0.4 is 0 Å². The summed E-state index contributed by atoms with van der Waals surface area (Å²) >= 11 is 0. The summed E-state index contributed by atoms with van der Waals surface area (Å²) in [6.07, 6.45) is 6.59.